The number of guanidine groups is 1. The lowest BCUT2D eigenvalue weighted by Crippen LogP contribution is -2.49. The highest BCUT2D eigenvalue weighted by Crippen LogP contribution is 2.15. The molecule has 0 aromatic heterocycles. The summed E-state index contributed by atoms with van der Waals surface area (Å²) < 4.78 is 11.1. The van der Waals surface area contributed by atoms with Crippen LogP contribution in [0.25, 0.3) is 0 Å². The number of nitrogens with zero attached hydrogens (tertiary/aromatic N) is 3. The minimum absolute atomic E-state index is 0. The van der Waals surface area contributed by atoms with E-state index in [2.05, 4.69) is 32.7 Å². The Labute approximate surface area is 202 Å². The molecule has 1 aromatic rings. The number of ether oxygens (including phenoxy) is 2. The van der Waals surface area contributed by atoms with Crippen molar-refractivity contribution in [1.29, 1.82) is 0 Å². The molecule has 3 rings (SSSR count). The number of carbonyl (C=O) groups is 1. The highest BCUT2D eigenvalue weighted by atomic mass is 127. The average molecular weight is 545 g/mol. The van der Waals surface area contributed by atoms with Gasteiger partial charge in [0.2, 0.25) is 5.91 Å². The van der Waals surface area contributed by atoms with Crippen LogP contribution in [-0.4, -0.2) is 88.5 Å². The second-order valence-corrected chi connectivity index (χ2v) is 7.54. The number of hydrogen-bond donors (Lipinski definition) is 2. The summed E-state index contributed by atoms with van der Waals surface area (Å²) >= 11 is 0. The van der Waals surface area contributed by atoms with E-state index in [0.717, 1.165) is 58.7 Å². The fourth-order valence-corrected chi connectivity index (χ4v) is 3.61. The van der Waals surface area contributed by atoms with Crippen LogP contribution in [0.2, 0.25) is 0 Å². The van der Waals surface area contributed by atoms with E-state index in [1.807, 2.05) is 30.0 Å². The van der Waals surface area contributed by atoms with Gasteiger partial charge >= 0.3 is 0 Å². The Morgan fingerprint density at radius 3 is 2.65 bits per heavy atom. The second-order valence-electron chi connectivity index (χ2n) is 7.54. The van der Waals surface area contributed by atoms with E-state index in [4.69, 9.17) is 9.47 Å². The van der Waals surface area contributed by atoms with Crippen LogP contribution in [0.5, 0.6) is 0 Å². The summed E-state index contributed by atoms with van der Waals surface area (Å²) in [6.45, 7) is 9.06. The zero-order chi connectivity index (χ0) is 21.0. The van der Waals surface area contributed by atoms with Gasteiger partial charge in [0, 0.05) is 58.2 Å². The Morgan fingerprint density at radius 2 is 1.97 bits per heavy atom. The van der Waals surface area contributed by atoms with Gasteiger partial charge in [0.1, 0.15) is 6.54 Å². The van der Waals surface area contributed by atoms with Crippen molar-refractivity contribution < 1.29 is 14.3 Å². The standard InChI is InChI=1S/C22H35N5O3.HI/c1-2-23-22(24-10-6-15-30-20-9-16-29-18-20)25-17-21(28)27-13-11-26(12-14-27)19-7-4-3-5-8-19;/h3-5,7-8,20H,2,6,9-18H2,1H3,(H2,23,24,25);1H. The number of rotatable bonds is 9. The van der Waals surface area contributed by atoms with Gasteiger partial charge in [0.25, 0.3) is 0 Å². The molecule has 2 fully saturated rings. The molecule has 0 spiro atoms. The largest absolute Gasteiger partial charge is 0.379 e. The smallest absolute Gasteiger partial charge is 0.244 e. The maximum Gasteiger partial charge on any atom is 0.244 e. The Balaban J connectivity index is 0.00000341. The Hall–Kier alpha value is -1.59. The fraction of sp³-hybridized carbons (Fsp3) is 0.636. The van der Waals surface area contributed by atoms with E-state index in [9.17, 15) is 4.79 Å². The van der Waals surface area contributed by atoms with E-state index in [0.29, 0.717) is 19.2 Å². The number of para-hydroxylation sites is 1. The summed E-state index contributed by atoms with van der Waals surface area (Å²) in [6.07, 6.45) is 2.11. The number of hydrogen-bond acceptors (Lipinski definition) is 5. The monoisotopic (exact) mass is 545 g/mol. The third kappa shape index (κ3) is 8.82. The van der Waals surface area contributed by atoms with Crippen LogP contribution in [0, 0.1) is 0 Å². The summed E-state index contributed by atoms with van der Waals surface area (Å²) in [6, 6.07) is 10.3. The molecule has 0 radical (unpaired) electrons. The molecule has 174 valence electrons. The highest BCUT2D eigenvalue weighted by Gasteiger charge is 2.21. The summed E-state index contributed by atoms with van der Waals surface area (Å²) in [5.41, 5.74) is 1.21. The van der Waals surface area contributed by atoms with Crippen molar-refractivity contribution in [3.63, 3.8) is 0 Å². The van der Waals surface area contributed by atoms with Crippen molar-refractivity contribution in [3.8, 4) is 0 Å². The lowest BCUT2D eigenvalue weighted by molar-refractivity contribution is -0.129. The van der Waals surface area contributed by atoms with Gasteiger partial charge in [-0.2, -0.15) is 0 Å². The number of carbonyl (C=O) groups excluding carboxylic acids is 1. The first-order valence-corrected chi connectivity index (χ1v) is 11.1. The molecular formula is C22H36IN5O3. The predicted molar refractivity (Wildman–Crippen MR) is 134 cm³/mol. The van der Waals surface area contributed by atoms with Gasteiger partial charge < -0.3 is 29.9 Å². The molecule has 1 amide bonds. The summed E-state index contributed by atoms with van der Waals surface area (Å²) in [5.74, 6) is 0.752. The molecule has 2 saturated heterocycles. The zero-order valence-electron chi connectivity index (χ0n) is 18.4. The zero-order valence-corrected chi connectivity index (χ0v) is 20.8. The molecule has 1 aromatic carbocycles. The molecule has 1 unspecified atom stereocenters. The van der Waals surface area contributed by atoms with Crippen LogP contribution < -0.4 is 15.5 Å². The summed E-state index contributed by atoms with van der Waals surface area (Å²) in [7, 11) is 0. The van der Waals surface area contributed by atoms with E-state index < -0.39 is 0 Å². The molecule has 0 bridgehead atoms. The lowest BCUT2D eigenvalue weighted by Gasteiger charge is -2.36. The van der Waals surface area contributed by atoms with Crippen LogP contribution in [0.1, 0.15) is 19.8 Å². The van der Waals surface area contributed by atoms with E-state index in [-0.39, 0.29) is 42.5 Å². The maximum atomic E-state index is 12.6. The van der Waals surface area contributed by atoms with Crippen molar-refractivity contribution in [2.45, 2.75) is 25.9 Å². The number of piperazine rings is 1. The van der Waals surface area contributed by atoms with Gasteiger partial charge in [-0.05, 0) is 31.9 Å². The number of nitrogens with one attached hydrogen (secondary N) is 2. The molecular weight excluding hydrogens is 509 g/mol. The van der Waals surface area contributed by atoms with Gasteiger partial charge in [-0.15, -0.1) is 24.0 Å². The van der Waals surface area contributed by atoms with Crippen molar-refractivity contribution in [1.82, 2.24) is 15.5 Å². The van der Waals surface area contributed by atoms with Crippen molar-refractivity contribution in [2.75, 3.05) is 70.5 Å². The van der Waals surface area contributed by atoms with Crippen molar-refractivity contribution in [3.05, 3.63) is 30.3 Å². The third-order valence-electron chi connectivity index (χ3n) is 5.33. The number of halogens is 1. The van der Waals surface area contributed by atoms with Gasteiger partial charge in [-0.25, -0.2) is 4.99 Å². The van der Waals surface area contributed by atoms with Crippen LogP contribution in [0.15, 0.2) is 35.3 Å². The fourth-order valence-electron chi connectivity index (χ4n) is 3.61. The van der Waals surface area contributed by atoms with Gasteiger partial charge in [-0.1, -0.05) is 18.2 Å². The topological polar surface area (TPSA) is 78.4 Å². The predicted octanol–water partition coefficient (Wildman–Crippen LogP) is 1.70. The van der Waals surface area contributed by atoms with E-state index in [1.165, 1.54) is 5.69 Å². The first kappa shape index (κ1) is 25.7. The van der Waals surface area contributed by atoms with Crippen LogP contribution in [0.4, 0.5) is 5.69 Å². The lowest BCUT2D eigenvalue weighted by atomic mass is 10.2. The normalized spacial score (nSPS) is 19.1. The Kier molecular flexibility index (Phi) is 12.0. The summed E-state index contributed by atoms with van der Waals surface area (Å²) in [5, 5.41) is 6.48. The number of amides is 1. The number of anilines is 1. The molecule has 2 N–H and O–H groups in total. The van der Waals surface area contributed by atoms with Gasteiger partial charge in [-0.3, -0.25) is 4.79 Å². The average Bonchev–Trinajstić information content (AvgIpc) is 3.31. The first-order valence-electron chi connectivity index (χ1n) is 11.1. The third-order valence-corrected chi connectivity index (χ3v) is 5.33. The minimum Gasteiger partial charge on any atom is -0.379 e. The minimum atomic E-state index is 0. The molecule has 2 heterocycles. The van der Waals surface area contributed by atoms with Crippen LogP contribution >= 0.6 is 24.0 Å². The molecule has 0 aliphatic carbocycles. The molecule has 31 heavy (non-hydrogen) atoms. The quantitative estimate of drug-likeness (QED) is 0.213. The molecule has 2 aliphatic heterocycles. The first-order chi connectivity index (χ1) is 14.8. The summed E-state index contributed by atoms with van der Waals surface area (Å²) in [4.78, 5) is 21.3. The van der Waals surface area contributed by atoms with E-state index >= 15 is 0 Å². The Morgan fingerprint density at radius 1 is 1.19 bits per heavy atom. The number of benzene rings is 1. The highest BCUT2D eigenvalue weighted by molar-refractivity contribution is 14.0. The van der Waals surface area contributed by atoms with Crippen molar-refractivity contribution in [2.24, 2.45) is 4.99 Å². The number of aliphatic imine (C=N–C) groups is 1. The van der Waals surface area contributed by atoms with Gasteiger partial charge in [0.15, 0.2) is 5.96 Å². The molecule has 0 saturated carbocycles. The van der Waals surface area contributed by atoms with Gasteiger partial charge in [0.05, 0.1) is 12.7 Å². The van der Waals surface area contributed by atoms with Crippen LogP contribution in [-0.2, 0) is 14.3 Å². The van der Waals surface area contributed by atoms with Crippen molar-refractivity contribution >= 4 is 41.5 Å². The molecule has 9 heteroatoms. The molecule has 8 nitrogen and oxygen atoms in total. The van der Waals surface area contributed by atoms with Crippen LogP contribution in [0.3, 0.4) is 0 Å². The Bertz CT molecular complexity index is 662. The SMILES string of the molecule is CCNC(=NCC(=O)N1CCN(c2ccccc2)CC1)NCCCOC1CCOC1.I. The molecule has 1 atom stereocenters. The second kappa shape index (κ2) is 14.5. The molecule has 2 aliphatic rings. The van der Waals surface area contributed by atoms with E-state index in [1.54, 1.807) is 0 Å². The maximum absolute atomic E-state index is 12.6.